The zero-order valence-corrected chi connectivity index (χ0v) is 13.6. The minimum absolute atomic E-state index is 0.205. The van der Waals surface area contributed by atoms with E-state index in [0.29, 0.717) is 12.0 Å². The maximum atomic E-state index is 12.4. The van der Waals surface area contributed by atoms with E-state index in [1.165, 1.54) is 0 Å². The molecule has 0 saturated heterocycles. The Morgan fingerprint density at radius 3 is 2.67 bits per heavy atom. The number of amides is 1. The molecule has 1 aromatic carbocycles. The number of nitrogens with one attached hydrogen (secondary N) is 1. The third kappa shape index (κ3) is 3.84. The van der Waals surface area contributed by atoms with Crippen molar-refractivity contribution in [2.24, 2.45) is 5.92 Å². The molecule has 2 rings (SSSR count). The Kier molecular flexibility index (Phi) is 5.39. The van der Waals surface area contributed by atoms with Crippen molar-refractivity contribution >= 4 is 27.8 Å². The number of carboxylic acids is 1. The molecule has 0 spiro atoms. The number of hydrogen-bond donors (Lipinski definition) is 2. The Labute approximate surface area is 133 Å². The minimum Gasteiger partial charge on any atom is -0.481 e. The highest BCUT2D eigenvalue weighted by Crippen LogP contribution is 2.25. The molecule has 1 fully saturated rings. The van der Waals surface area contributed by atoms with Crippen LogP contribution in [-0.4, -0.2) is 23.0 Å². The maximum Gasteiger partial charge on any atom is 0.308 e. The van der Waals surface area contributed by atoms with Crippen LogP contribution in [0.5, 0.6) is 0 Å². The summed E-state index contributed by atoms with van der Waals surface area (Å²) in [6.45, 7) is 1.92. The second-order valence-corrected chi connectivity index (χ2v) is 6.39. The van der Waals surface area contributed by atoms with Crippen molar-refractivity contribution in [2.45, 2.75) is 45.1 Å². The molecular formula is C16H20BrNO3. The van der Waals surface area contributed by atoms with E-state index in [1.807, 2.05) is 19.1 Å². The van der Waals surface area contributed by atoms with Crippen molar-refractivity contribution in [1.29, 1.82) is 0 Å². The van der Waals surface area contributed by atoms with Crippen LogP contribution in [0.3, 0.4) is 0 Å². The lowest BCUT2D eigenvalue weighted by atomic mass is 9.94. The average molecular weight is 354 g/mol. The van der Waals surface area contributed by atoms with Crippen LogP contribution in [0.25, 0.3) is 0 Å². The van der Waals surface area contributed by atoms with Crippen molar-refractivity contribution in [1.82, 2.24) is 5.32 Å². The fourth-order valence-electron chi connectivity index (χ4n) is 2.84. The van der Waals surface area contributed by atoms with E-state index >= 15 is 0 Å². The van der Waals surface area contributed by atoms with Gasteiger partial charge in [-0.15, -0.1) is 0 Å². The molecule has 1 aromatic rings. The number of carboxylic acid groups (broad SMARTS) is 1. The summed E-state index contributed by atoms with van der Waals surface area (Å²) in [4.78, 5) is 23.8. The Bertz CT molecular complexity index is 544. The van der Waals surface area contributed by atoms with Gasteiger partial charge in [-0.05, 0) is 47.3 Å². The third-order valence-electron chi connectivity index (χ3n) is 4.09. The van der Waals surface area contributed by atoms with Gasteiger partial charge in [0.1, 0.15) is 0 Å². The van der Waals surface area contributed by atoms with Gasteiger partial charge < -0.3 is 10.4 Å². The molecule has 0 aromatic heterocycles. The largest absolute Gasteiger partial charge is 0.481 e. The Morgan fingerprint density at radius 2 is 1.95 bits per heavy atom. The van der Waals surface area contributed by atoms with Gasteiger partial charge in [-0.3, -0.25) is 9.59 Å². The summed E-state index contributed by atoms with van der Waals surface area (Å²) in [5.41, 5.74) is 1.54. The smallest absolute Gasteiger partial charge is 0.308 e. The van der Waals surface area contributed by atoms with Crippen molar-refractivity contribution < 1.29 is 14.7 Å². The van der Waals surface area contributed by atoms with Gasteiger partial charge in [0.15, 0.2) is 0 Å². The summed E-state index contributed by atoms with van der Waals surface area (Å²) in [6, 6.07) is 5.22. The van der Waals surface area contributed by atoms with E-state index in [2.05, 4.69) is 21.2 Å². The summed E-state index contributed by atoms with van der Waals surface area (Å²) in [5.74, 6) is -1.51. The van der Waals surface area contributed by atoms with E-state index < -0.39 is 11.9 Å². The number of aryl methyl sites for hydroxylation is 1. The minimum atomic E-state index is -0.814. The Balaban J connectivity index is 2.16. The van der Waals surface area contributed by atoms with Crippen molar-refractivity contribution in [3.63, 3.8) is 0 Å². The molecule has 1 aliphatic carbocycles. The van der Waals surface area contributed by atoms with E-state index in [0.717, 1.165) is 35.7 Å². The molecule has 5 heteroatoms. The van der Waals surface area contributed by atoms with Gasteiger partial charge in [0.05, 0.1) is 11.5 Å². The molecule has 21 heavy (non-hydrogen) atoms. The van der Waals surface area contributed by atoms with Crippen LogP contribution >= 0.6 is 15.9 Å². The molecule has 0 unspecified atom stereocenters. The van der Waals surface area contributed by atoms with Crippen LogP contribution in [0.4, 0.5) is 0 Å². The number of rotatable bonds is 3. The summed E-state index contributed by atoms with van der Waals surface area (Å²) in [6.07, 6.45) is 4.27. The van der Waals surface area contributed by atoms with Gasteiger partial charge in [0.25, 0.3) is 5.91 Å². The van der Waals surface area contributed by atoms with Crippen molar-refractivity contribution in [3.8, 4) is 0 Å². The maximum absolute atomic E-state index is 12.4. The SMILES string of the molecule is Cc1cccc(C(=O)N[C@H]2CCCCC[C@H]2C(=O)O)c1Br. The first kappa shape index (κ1) is 16.0. The van der Waals surface area contributed by atoms with Crippen LogP contribution in [0.15, 0.2) is 22.7 Å². The topological polar surface area (TPSA) is 66.4 Å². The standard InChI is InChI=1S/C16H20BrNO3/c1-10-6-5-8-12(14(10)17)15(19)18-13-9-4-2-3-7-11(13)16(20)21/h5-6,8,11,13H,2-4,7,9H2,1H3,(H,18,19)(H,20,21)/t11-,13+/m1/s1. The van der Waals surface area contributed by atoms with Crippen LogP contribution < -0.4 is 5.32 Å². The number of halogens is 1. The Hall–Kier alpha value is -1.36. The van der Waals surface area contributed by atoms with Crippen LogP contribution in [0.2, 0.25) is 0 Å². The second-order valence-electron chi connectivity index (χ2n) is 5.60. The van der Waals surface area contributed by atoms with Gasteiger partial charge in [0, 0.05) is 10.5 Å². The lowest BCUT2D eigenvalue weighted by Crippen LogP contribution is -2.43. The molecule has 114 valence electrons. The molecular weight excluding hydrogens is 334 g/mol. The predicted octanol–water partition coefficient (Wildman–Crippen LogP) is 3.52. The molecule has 0 bridgehead atoms. The second kappa shape index (κ2) is 7.07. The molecule has 0 radical (unpaired) electrons. The number of benzene rings is 1. The lowest BCUT2D eigenvalue weighted by Gasteiger charge is -2.23. The molecule has 2 N–H and O–H groups in total. The fourth-order valence-corrected chi connectivity index (χ4v) is 3.29. The molecule has 4 nitrogen and oxygen atoms in total. The lowest BCUT2D eigenvalue weighted by molar-refractivity contribution is -0.142. The summed E-state index contributed by atoms with van der Waals surface area (Å²) in [5, 5.41) is 12.3. The first-order valence-corrected chi connectivity index (χ1v) is 8.09. The molecule has 1 saturated carbocycles. The van der Waals surface area contributed by atoms with E-state index in [4.69, 9.17) is 0 Å². The average Bonchev–Trinajstić information content (AvgIpc) is 2.67. The van der Waals surface area contributed by atoms with Crippen LogP contribution in [0, 0.1) is 12.8 Å². The van der Waals surface area contributed by atoms with Gasteiger partial charge >= 0.3 is 5.97 Å². The summed E-state index contributed by atoms with van der Waals surface area (Å²) >= 11 is 3.43. The van der Waals surface area contributed by atoms with Crippen molar-refractivity contribution in [2.75, 3.05) is 0 Å². The highest BCUT2D eigenvalue weighted by Gasteiger charge is 2.31. The highest BCUT2D eigenvalue weighted by atomic mass is 79.9. The van der Waals surface area contributed by atoms with Gasteiger partial charge in [-0.1, -0.05) is 31.4 Å². The summed E-state index contributed by atoms with van der Waals surface area (Å²) < 4.78 is 0.767. The normalized spacial score (nSPS) is 22.4. The molecule has 0 aliphatic heterocycles. The van der Waals surface area contributed by atoms with E-state index in [9.17, 15) is 14.7 Å². The van der Waals surface area contributed by atoms with E-state index in [1.54, 1.807) is 6.07 Å². The summed E-state index contributed by atoms with van der Waals surface area (Å²) in [7, 11) is 0. The third-order valence-corrected chi connectivity index (χ3v) is 5.14. The van der Waals surface area contributed by atoms with Crippen LogP contribution in [-0.2, 0) is 4.79 Å². The fraction of sp³-hybridized carbons (Fsp3) is 0.500. The van der Waals surface area contributed by atoms with Crippen LogP contribution in [0.1, 0.15) is 48.0 Å². The monoisotopic (exact) mass is 353 g/mol. The first-order valence-electron chi connectivity index (χ1n) is 7.29. The molecule has 0 heterocycles. The Morgan fingerprint density at radius 1 is 1.24 bits per heavy atom. The number of hydrogen-bond acceptors (Lipinski definition) is 2. The molecule has 1 amide bonds. The molecule has 2 atom stereocenters. The molecule has 1 aliphatic rings. The van der Waals surface area contributed by atoms with E-state index in [-0.39, 0.29) is 11.9 Å². The van der Waals surface area contributed by atoms with Gasteiger partial charge in [0.2, 0.25) is 0 Å². The first-order chi connectivity index (χ1) is 10.0. The highest BCUT2D eigenvalue weighted by molar-refractivity contribution is 9.10. The zero-order valence-electron chi connectivity index (χ0n) is 12.1. The van der Waals surface area contributed by atoms with Crippen molar-refractivity contribution in [3.05, 3.63) is 33.8 Å². The van der Waals surface area contributed by atoms with Gasteiger partial charge in [-0.2, -0.15) is 0 Å². The quantitative estimate of drug-likeness (QED) is 0.817. The zero-order chi connectivity index (χ0) is 15.4. The number of carbonyl (C=O) groups is 2. The van der Waals surface area contributed by atoms with Gasteiger partial charge in [-0.25, -0.2) is 0 Å². The number of carbonyl (C=O) groups excluding carboxylic acids is 1. The number of aliphatic carboxylic acids is 1. The predicted molar refractivity (Wildman–Crippen MR) is 84.3 cm³/mol.